The monoisotopic (exact) mass is 490 g/mol. The van der Waals surface area contributed by atoms with E-state index < -0.39 is 11.6 Å². The van der Waals surface area contributed by atoms with Crippen molar-refractivity contribution in [2.24, 2.45) is 4.99 Å². The fourth-order valence-corrected chi connectivity index (χ4v) is 3.30. The van der Waals surface area contributed by atoms with E-state index in [-0.39, 0.29) is 35.7 Å². The Balaban J connectivity index is 0.00000261. The summed E-state index contributed by atoms with van der Waals surface area (Å²) in [5.74, 6) is 1.36. The van der Waals surface area contributed by atoms with Gasteiger partial charge in [0, 0.05) is 38.3 Å². The minimum absolute atomic E-state index is 0. The number of anilines is 1. The predicted molar refractivity (Wildman–Crippen MR) is 114 cm³/mol. The first-order valence-corrected chi connectivity index (χ1v) is 8.70. The molecular formula is C19H25F2IN4O. The highest BCUT2D eigenvalue weighted by Gasteiger charge is 2.27. The first-order valence-electron chi connectivity index (χ1n) is 8.70. The average Bonchev–Trinajstić information content (AvgIpc) is 3.17. The number of rotatable bonds is 4. The third kappa shape index (κ3) is 5.12. The predicted octanol–water partition coefficient (Wildman–Crippen LogP) is 3.74. The van der Waals surface area contributed by atoms with E-state index in [1.807, 2.05) is 19.9 Å². The third-order valence-electron chi connectivity index (χ3n) is 4.60. The minimum Gasteiger partial charge on any atom is -0.466 e. The largest absolute Gasteiger partial charge is 0.466 e. The molecule has 0 spiro atoms. The summed E-state index contributed by atoms with van der Waals surface area (Å²) in [4.78, 5) is 5.97. The van der Waals surface area contributed by atoms with Gasteiger partial charge in [-0.1, -0.05) is 6.07 Å². The number of benzene rings is 1. The van der Waals surface area contributed by atoms with Crippen molar-refractivity contribution in [3.05, 3.63) is 53.0 Å². The van der Waals surface area contributed by atoms with E-state index in [1.54, 1.807) is 11.9 Å². The van der Waals surface area contributed by atoms with Crippen LogP contribution in [0.25, 0.3) is 0 Å². The molecule has 5 nitrogen and oxygen atoms in total. The van der Waals surface area contributed by atoms with Gasteiger partial charge in [0.25, 0.3) is 0 Å². The number of aliphatic imine (C=N–C) groups is 1. The zero-order chi connectivity index (χ0) is 18.7. The van der Waals surface area contributed by atoms with E-state index in [2.05, 4.69) is 15.6 Å². The molecule has 1 aromatic heterocycles. The van der Waals surface area contributed by atoms with Crippen molar-refractivity contribution in [1.82, 2.24) is 10.6 Å². The van der Waals surface area contributed by atoms with Gasteiger partial charge in [-0.3, -0.25) is 4.99 Å². The quantitative estimate of drug-likeness (QED) is 0.390. The van der Waals surface area contributed by atoms with Crippen LogP contribution in [0.5, 0.6) is 0 Å². The molecule has 0 radical (unpaired) electrons. The average molecular weight is 490 g/mol. The molecule has 2 aromatic rings. The van der Waals surface area contributed by atoms with Crippen LogP contribution in [0.4, 0.5) is 14.5 Å². The van der Waals surface area contributed by atoms with Gasteiger partial charge >= 0.3 is 0 Å². The highest BCUT2D eigenvalue weighted by Crippen LogP contribution is 2.26. The minimum atomic E-state index is -0.529. The van der Waals surface area contributed by atoms with Crippen LogP contribution in [0.1, 0.15) is 23.5 Å². The van der Waals surface area contributed by atoms with Crippen LogP contribution in [0.3, 0.4) is 0 Å². The number of hydrogen-bond donors (Lipinski definition) is 2. The molecule has 1 aliphatic heterocycles. The number of guanidine groups is 1. The molecule has 0 amide bonds. The Hall–Kier alpha value is -1.84. The van der Waals surface area contributed by atoms with Crippen LogP contribution in [0.15, 0.2) is 33.7 Å². The van der Waals surface area contributed by atoms with Gasteiger partial charge in [-0.05, 0) is 38.5 Å². The van der Waals surface area contributed by atoms with Crippen LogP contribution in [0.2, 0.25) is 0 Å². The molecule has 2 N–H and O–H groups in total. The number of halogens is 3. The fraction of sp³-hybridized carbons (Fsp3) is 0.421. The van der Waals surface area contributed by atoms with Crippen LogP contribution in [0, 0.1) is 25.5 Å². The SMILES string of the molecule is CN=C(NCc1cc(C)oc1C)NC1CCN(c2c(F)cccc2F)C1.I. The second kappa shape index (κ2) is 9.38. The van der Waals surface area contributed by atoms with Crippen molar-refractivity contribution < 1.29 is 13.2 Å². The van der Waals surface area contributed by atoms with E-state index in [1.165, 1.54) is 18.2 Å². The first kappa shape index (κ1) is 21.5. The summed E-state index contributed by atoms with van der Waals surface area (Å²) < 4.78 is 33.4. The molecule has 148 valence electrons. The van der Waals surface area contributed by atoms with E-state index in [0.717, 1.165) is 23.5 Å². The van der Waals surface area contributed by atoms with Gasteiger partial charge in [0.2, 0.25) is 0 Å². The number of furan rings is 1. The number of aryl methyl sites for hydroxylation is 2. The lowest BCUT2D eigenvalue weighted by atomic mass is 10.2. The number of nitrogens with zero attached hydrogens (tertiary/aromatic N) is 2. The van der Waals surface area contributed by atoms with Gasteiger partial charge in [-0.25, -0.2) is 8.78 Å². The smallest absolute Gasteiger partial charge is 0.191 e. The maximum Gasteiger partial charge on any atom is 0.191 e. The molecule has 3 rings (SSSR count). The summed E-state index contributed by atoms with van der Waals surface area (Å²) in [7, 11) is 1.70. The Bertz CT molecular complexity index is 789. The van der Waals surface area contributed by atoms with E-state index >= 15 is 0 Å². The summed E-state index contributed by atoms with van der Waals surface area (Å²) in [5.41, 5.74) is 1.12. The molecule has 1 atom stereocenters. The molecule has 1 unspecified atom stereocenters. The lowest BCUT2D eigenvalue weighted by Crippen LogP contribution is -2.44. The van der Waals surface area contributed by atoms with Gasteiger partial charge in [-0.2, -0.15) is 0 Å². The standard InChI is InChI=1S/C19H24F2N4O.HI/c1-12-9-14(13(2)26-12)10-23-19(22-3)24-15-7-8-25(11-15)18-16(20)5-4-6-17(18)21;/h4-6,9,15H,7-8,10-11H2,1-3H3,(H2,22,23,24);1H. The molecule has 8 heteroatoms. The number of nitrogens with one attached hydrogen (secondary N) is 2. The van der Waals surface area contributed by atoms with Gasteiger partial charge in [0.15, 0.2) is 5.96 Å². The molecule has 1 saturated heterocycles. The fourth-order valence-electron chi connectivity index (χ4n) is 3.30. The zero-order valence-corrected chi connectivity index (χ0v) is 18.0. The van der Waals surface area contributed by atoms with Crippen molar-refractivity contribution in [3.63, 3.8) is 0 Å². The van der Waals surface area contributed by atoms with E-state index in [4.69, 9.17) is 4.42 Å². The molecule has 0 saturated carbocycles. The van der Waals surface area contributed by atoms with Crippen molar-refractivity contribution in [3.8, 4) is 0 Å². The maximum atomic E-state index is 14.0. The highest BCUT2D eigenvalue weighted by atomic mass is 127. The summed E-state index contributed by atoms with van der Waals surface area (Å²) in [6.45, 7) is 5.55. The van der Waals surface area contributed by atoms with E-state index in [0.29, 0.717) is 25.6 Å². The van der Waals surface area contributed by atoms with Crippen molar-refractivity contribution in [2.75, 3.05) is 25.0 Å². The van der Waals surface area contributed by atoms with Crippen molar-refractivity contribution in [1.29, 1.82) is 0 Å². The molecule has 1 fully saturated rings. The highest BCUT2D eigenvalue weighted by molar-refractivity contribution is 14.0. The third-order valence-corrected chi connectivity index (χ3v) is 4.60. The molecule has 2 heterocycles. The van der Waals surface area contributed by atoms with Gasteiger partial charge < -0.3 is 20.0 Å². The summed E-state index contributed by atoms with van der Waals surface area (Å²) in [6, 6.07) is 6.01. The van der Waals surface area contributed by atoms with Crippen LogP contribution in [-0.2, 0) is 6.54 Å². The molecule has 27 heavy (non-hydrogen) atoms. The molecule has 1 aromatic carbocycles. The van der Waals surface area contributed by atoms with E-state index in [9.17, 15) is 8.78 Å². The Morgan fingerprint density at radius 3 is 2.59 bits per heavy atom. The normalized spacial score (nSPS) is 17.0. The molecular weight excluding hydrogens is 465 g/mol. The van der Waals surface area contributed by atoms with Gasteiger partial charge in [0.1, 0.15) is 28.8 Å². The lowest BCUT2D eigenvalue weighted by Gasteiger charge is -2.21. The van der Waals surface area contributed by atoms with Crippen LogP contribution in [-0.4, -0.2) is 32.1 Å². The molecule has 1 aliphatic rings. The van der Waals surface area contributed by atoms with Crippen LogP contribution < -0.4 is 15.5 Å². The Labute approximate surface area is 175 Å². The zero-order valence-electron chi connectivity index (χ0n) is 15.7. The molecule has 0 bridgehead atoms. The first-order chi connectivity index (χ1) is 12.5. The lowest BCUT2D eigenvalue weighted by molar-refractivity contribution is 0.500. The second-order valence-corrected chi connectivity index (χ2v) is 6.51. The Morgan fingerprint density at radius 1 is 1.30 bits per heavy atom. The summed E-state index contributed by atoms with van der Waals surface area (Å²) in [5, 5.41) is 6.58. The van der Waals surface area contributed by atoms with Gasteiger partial charge in [0.05, 0.1) is 0 Å². The van der Waals surface area contributed by atoms with Crippen LogP contribution >= 0.6 is 24.0 Å². The summed E-state index contributed by atoms with van der Waals surface area (Å²) >= 11 is 0. The summed E-state index contributed by atoms with van der Waals surface area (Å²) in [6.07, 6.45) is 0.776. The van der Waals surface area contributed by atoms with Gasteiger partial charge in [-0.15, -0.1) is 24.0 Å². The maximum absolute atomic E-state index is 14.0. The second-order valence-electron chi connectivity index (χ2n) is 6.51. The van der Waals surface area contributed by atoms with Crippen molar-refractivity contribution >= 4 is 35.6 Å². The topological polar surface area (TPSA) is 52.8 Å². The Kier molecular flexibility index (Phi) is 7.46. The van der Waals surface area contributed by atoms with Crippen molar-refractivity contribution in [2.45, 2.75) is 32.9 Å². The molecule has 0 aliphatic carbocycles. The number of para-hydroxylation sites is 1. The Morgan fingerprint density at radius 2 is 2.00 bits per heavy atom. The number of hydrogen-bond acceptors (Lipinski definition) is 3.